The minimum atomic E-state index is -1.50. The van der Waals surface area contributed by atoms with E-state index in [4.69, 9.17) is 39.5 Å². The van der Waals surface area contributed by atoms with E-state index in [1.807, 2.05) is 115 Å². The lowest BCUT2D eigenvalue weighted by Gasteiger charge is -2.28. The summed E-state index contributed by atoms with van der Waals surface area (Å²) in [4.78, 5) is 149. The highest BCUT2D eigenvalue weighted by atomic mass is 16.4. The third kappa shape index (κ3) is 22.3. The van der Waals surface area contributed by atoms with E-state index < -0.39 is 108 Å². The molecule has 0 saturated carbocycles. The maximum atomic E-state index is 15.8. The van der Waals surface area contributed by atoms with Crippen LogP contribution in [0.3, 0.4) is 0 Å². The first-order valence-corrected chi connectivity index (χ1v) is 37.4. The lowest BCUT2D eigenvalue weighted by atomic mass is 9.99. The average molecular weight is 1520 g/mol. The molecule has 5 aromatic heterocycles. The normalized spacial score (nSPS) is 13.9. The number of guanidine groups is 2. The van der Waals surface area contributed by atoms with Gasteiger partial charge in [0.15, 0.2) is 11.9 Å². The Morgan fingerprint density at radius 2 is 0.559 bits per heavy atom. The van der Waals surface area contributed by atoms with Gasteiger partial charge in [-0.3, -0.25) is 49.2 Å². The summed E-state index contributed by atoms with van der Waals surface area (Å²) in [5, 5.41) is 57.4. The highest BCUT2D eigenvalue weighted by Crippen LogP contribution is 2.26. The number of rotatable bonds is 43. The monoisotopic (exact) mass is 1520 g/mol. The van der Waals surface area contributed by atoms with E-state index in [1.165, 1.54) is 0 Å². The second-order valence-corrected chi connectivity index (χ2v) is 27.8. The summed E-state index contributed by atoms with van der Waals surface area (Å²) in [5.41, 5.74) is 36.6. The van der Waals surface area contributed by atoms with Crippen molar-refractivity contribution in [2.45, 2.75) is 151 Å². The number of aromatic amines is 5. The largest absolute Gasteiger partial charge is 0.480 e. The van der Waals surface area contributed by atoms with Crippen LogP contribution in [0.1, 0.15) is 92.0 Å². The van der Waals surface area contributed by atoms with Crippen LogP contribution in [-0.2, 0) is 75.3 Å². The molecule has 0 aliphatic carbocycles. The van der Waals surface area contributed by atoms with Crippen molar-refractivity contribution in [2.24, 2.45) is 28.7 Å². The molecule has 28 N–H and O–H groups in total. The van der Waals surface area contributed by atoms with Crippen LogP contribution >= 0.6 is 0 Å². The number of aromatic nitrogens is 5. The molecule has 10 rings (SSSR count). The fraction of sp³-hybridized carbons (Fsp3) is 0.354. The van der Waals surface area contributed by atoms with Gasteiger partial charge in [0.25, 0.3) is 0 Å². The van der Waals surface area contributed by atoms with Crippen LogP contribution in [0.4, 0.5) is 0 Å². The quantitative estimate of drug-likeness (QED) is 0.0148. The Hall–Kier alpha value is -12.6. The Kier molecular flexibility index (Phi) is 28.8. The number of amides is 8. The Morgan fingerprint density at radius 3 is 0.838 bits per heavy atom. The predicted molar refractivity (Wildman–Crippen MR) is 425 cm³/mol. The molecule has 5 aromatic carbocycles. The van der Waals surface area contributed by atoms with Crippen LogP contribution in [0.2, 0.25) is 0 Å². The van der Waals surface area contributed by atoms with Crippen LogP contribution < -0.4 is 81.8 Å². The van der Waals surface area contributed by atoms with Crippen LogP contribution in [0.25, 0.3) is 54.5 Å². The number of benzene rings is 5. The van der Waals surface area contributed by atoms with Crippen LogP contribution in [0, 0.1) is 10.8 Å². The Labute approximate surface area is 639 Å². The number of nitrogens with two attached hydrogens (primary N) is 5. The molecule has 586 valence electrons. The van der Waals surface area contributed by atoms with Crippen LogP contribution in [0.15, 0.2) is 152 Å². The number of hydrogen-bond donors (Lipinski definition) is 23. The molecule has 0 bridgehead atoms. The lowest BCUT2D eigenvalue weighted by Crippen LogP contribution is -2.61. The number of carbonyl (C=O) groups is 9. The molecule has 0 unspecified atom stereocenters. The third-order valence-electron chi connectivity index (χ3n) is 19.8. The zero-order chi connectivity index (χ0) is 78.9. The van der Waals surface area contributed by atoms with Gasteiger partial charge in [-0.1, -0.05) is 91.0 Å². The van der Waals surface area contributed by atoms with Crippen molar-refractivity contribution in [1.82, 2.24) is 78.1 Å². The topological polar surface area (TPSA) is 551 Å². The molecule has 9 atom stereocenters. The highest BCUT2D eigenvalue weighted by molar-refractivity contribution is 6.00. The van der Waals surface area contributed by atoms with Crippen molar-refractivity contribution < 1.29 is 48.3 Å². The van der Waals surface area contributed by atoms with E-state index in [2.05, 4.69) is 78.1 Å². The number of hydrogen-bond acceptors (Lipinski definition) is 14. The summed E-state index contributed by atoms with van der Waals surface area (Å²) in [5.74, 6) is -8.31. The second-order valence-electron chi connectivity index (χ2n) is 27.8. The fourth-order valence-electron chi connectivity index (χ4n) is 13.8. The van der Waals surface area contributed by atoms with Crippen LogP contribution in [-0.4, -0.2) is 176 Å². The molecule has 0 aliphatic rings. The molecule has 111 heavy (non-hydrogen) atoms. The third-order valence-corrected chi connectivity index (χ3v) is 19.8. The van der Waals surface area contributed by atoms with Crippen molar-refractivity contribution in [3.8, 4) is 0 Å². The molecule has 0 fully saturated rings. The molecule has 10 aromatic rings. The molecule has 32 nitrogen and oxygen atoms in total. The lowest BCUT2D eigenvalue weighted by molar-refractivity contribution is -0.142. The first-order valence-electron chi connectivity index (χ1n) is 37.4. The molecule has 32 heteroatoms. The first-order chi connectivity index (χ1) is 53.6. The van der Waals surface area contributed by atoms with Crippen LogP contribution in [0.5, 0.6) is 0 Å². The van der Waals surface area contributed by atoms with Gasteiger partial charge in [0, 0.05) is 124 Å². The van der Waals surface area contributed by atoms with Gasteiger partial charge in [0.1, 0.15) is 48.3 Å². The van der Waals surface area contributed by atoms with Gasteiger partial charge in [-0.05, 0) is 142 Å². The van der Waals surface area contributed by atoms with Gasteiger partial charge < -0.3 is 112 Å². The maximum absolute atomic E-state index is 15.8. The van der Waals surface area contributed by atoms with Gasteiger partial charge in [0.05, 0.1) is 6.04 Å². The summed E-state index contributed by atoms with van der Waals surface area (Å²) in [7, 11) is 0. The molecular formula is C79H100N22O10. The summed E-state index contributed by atoms with van der Waals surface area (Å²) in [6.45, 7) is 0.756. The van der Waals surface area contributed by atoms with Crippen molar-refractivity contribution in [3.63, 3.8) is 0 Å². The number of aliphatic carboxylic acids is 1. The summed E-state index contributed by atoms with van der Waals surface area (Å²) < 4.78 is 0. The number of unbranched alkanes of at least 4 members (excludes halogenated alkanes) is 2. The molecule has 0 radical (unpaired) electrons. The zero-order valence-electron chi connectivity index (χ0n) is 61.6. The van der Waals surface area contributed by atoms with E-state index in [0.29, 0.717) is 58.8 Å². The fourth-order valence-corrected chi connectivity index (χ4v) is 13.8. The van der Waals surface area contributed by atoms with Crippen molar-refractivity contribution >= 4 is 120 Å². The van der Waals surface area contributed by atoms with Crippen molar-refractivity contribution in [3.05, 3.63) is 180 Å². The number of fused-ring (bicyclic) bond motifs is 5. The minimum absolute atomic E-state index is 0.00151. The van der Waals surface area contributed by atoms with Gasteiger partial charge in [0.2, 0.25) is 47.3 Å². The first kappa shape index (κ1) is 81.0. The van der Waals surface area contributed by atoms with Gasteiger partial charge in [-0.2, -0.15) is 0 Å². The zero-order valence-corrected chi connectivity index (χ0v) is 61.6. The molecule has 5 heterocycles. The Balaban J connectivity index is 0.944. The van der Waals surface area contributed by atoms with E-state index in [0.717, 1.165) is 49.2 Å². The van der Waals surface area contributed by atoms with Crippen molar-refractivity contribution in [2.75, 3.05) is 26.2 Å². The van der Waals surface area contributed by atoms with Gasteiger partial charge in [-0.25, -0.2) is 4.79 Å². The number of carboxylic acid groups (broad SMARTS) is 1. The van der Waals surface area contributed by atoms with E-state index in [9.17, 15) is 24.3 Å². The van der Waals surface area contributed by atoms with E-state index >= 15 is 24.0 Å². The Bertz CT molecular complexity index is 4900. The Morgan fingerprint density at radius 1 is 0.324 bits per heavy atom. The maximum Gasteiger partial charge on any atom is 0.326 e. The van der Waals surface area contributed by atoms with Gasteiger partial charge >= 0.3 is 5.97 Å². The number of H-pyrrole nitrogens is 5. The SMILES string of the molecule is N=C(N)NCCC[C@H](NC(=O)[C@H](Cc1c[nH]c2ccccc12)NC(=O)[C@H](CCCCN)NC(=O)[C@H](CCCCN)NC(=O)[C@H](Cc1c[nH]c2ccccc12)NC(=O)[C@H](Cc1c[nH]c2ccccc12)NC(=O)[C@H](Cc1c[nH]c2ccccc12)NC(=O)[C@H](CCCNC(=N)N)NC(=O)[C@@H](N)Cc1c[nH]c2ccccc12)C(=O)O. The predicted octanol–water partition coefficient (Wildman–Crippen LogP) is 2.68. The van der Waals surface area contributed by atoms with E-state index in [1.54, 1.807) is 37.1 Å². The molecular weight excluding hydrogens is 1420 g/mol. The molecule has 0 saturated heterocycles. The summed E-state index contributed by atoms with van der Waals surface area (Å²) in [6, 6.07) is 24.5. The van der Waals surface area contributed by atoms with Gasteiger partial charge in [-0.15, -0.1) is 0 Å². The number of para-hydroxylation sites is 5. The number of carboxylic acids is 1. The highest BCUT2D eigenvalue weighted by Gasteiger charge is 2.37. The van der Waals surface area contributed by atoms with Crippen molar-refractivity contribution in [1.29, 1.82) is 10.8 Å². The number of carbonyl (C=O) groups excluding carboxylic acids is 8. The summed E-state index contributed by atoms with van der Waals surface area (Å²) in [6.07, 6.45) is 9.92. The second kappa shape index (κ2) is 39.5. The van der Waals surface area contributed by atoms with E-state index in [-0.39, 0.29) is 109 Å². The average Bonchev–Trinajstić information content (AvgIpc) is 1.73. The smallest absolute Gasteiger partial charge is 0.326 e. The number of nitrogens with one attached hydrogen (secondary N) is 17. The molecule has 0 spiro atoms. The molecule has 0 aliphatic heterocycles. The minimum Gasteiger partial charge on any atom is -0.480 e. The standard InChI is InChI=1S/C79H100N22O10/c80-31-13-11-27-61(70(103)95-62(28-12-14-32-81)71(104)98-66(37-47-42-91-58-24-8-3-19-52(47)58)74(107)97-64(77(110)111)30-16-34-88-79(85)86)96-73(106)65(36-46-41-90-57-23-7-2-18-51(46)57)100-76(109)68(39-49-44-93-60-26-10-5-21-54(49)60)101-75(108)67(38-48-43-92-59-25-9-4-20-53(48)59)99-72(105)63(29-15-33-87-78(83)84)94-69(102)55(82)35-45-40-89-56-22-6-1-17-50(45)56/h1-10,17-26,40-44,55,61-68,89-93H,11-16,27-39,80-82H2,(H,94,102)(H,95,103)(H,96,106)(H,97,107)(H,98,104)(H,99,105)(H,100,109)(H,101,108)(H,110,111)(H4,83,84,87)(H4,85,86,88)/t55-,61-,62-,63-,64-,65-,66-,67-,68-/m0/s1. The molecule has 8 amide bonds. The summed E-state index contributed by atoms with van der Waals surface area (Å²) >= 11 is 0.